The van der Waals surface area contributed by atoms with Crippen molar-refractivity contribution in [2.45, 2.75) is 13.3 Å². The van der Waals surface area contributed by atoms with Crippen LogP contribution in [0.4, 0.5) is 11.6 Å². The lowest BCUT2D eigenvalue weighted by atomic mass is 10.3. The van der Waals surface area contributed by atoms with Crippen LogP contribution in [0, 0.1) is 10.1 Å². The number of nitrogens with zero attached hydrogens (tertiary/aromatic N) is 3. The zero-order valence-electron chi connectivity index (χ0n) is 11.2. The Kier molecular flexibility index (Phi) is 5.04. The van der Waals surface area contributed by atoms with E-state index in [2.05, 4.69) is 31.2 Å². The van der Waals surface area contributed by atoms with Crippen LogP contribution in [0.3, 0.4) is 0 Å². The standard InChI is InChI=1S/C13H13BrN4O3/c1-2-6-15-13-16-7-5-12(17-13)21-11-4-3-9(14)8-10(11)18(19)20/h3-5,7-8H,2,6H2,1H3,(H,15,16,17). The van der Waals surface area contributed by atoms with E-state index in [4.69, 9.17) is 4.74 Å². The van der Waals surface area contributed by atoms with Crippen LogP contribution >= 0.6 is 15.9 Å². The first kappa shape index (κ1) is 15.2. The molecule has 0 radical (unpaired) electrons. The Hall–Kier alpha value is -2.22. The fraction of sp³-hybridized carbons (Fsp3) is 0.231. The van der Waals surface area contributed by atoms with Gasteiger partial charge < -0.3 is 10.1 Å². The third-order valence-electron chi connectivity index (χ3n) is 2.50. The number of anilines is 1. The minimum Gasteiger partial charge on any atom is -0.432 e. The Morgan fingerprint density at radius 1 is 1.43 bits per heavy atom. The Bertz CT molecular complexity index is 651. The number of nitro benzene ring substituents is 1. The molecule has 0 bridgehead atoms. The van der Waals surface area contributed by atoms with E-state index >= 15 is 0 Å². The lowest BCUT2D eigenvalue weighted by Crippen LogP contribution is -2.04. The second-order valence-electron chi connectivity index (χ2n) is 4.12. The van der Waals surface area contributed by atoms with Crippen molar-refractivity contribution < 1.29 is 9.66 Å². The molecule has 1 N–H and O–H groups in total. The molecule has 1 heterocycles. The SMILES string of the molecule is CCCNc1nccc(Oc2ccc(Br)cc2[N+](=O)[O-])n1. The average Bonchev–Trinajstić information content (AvgIpc) is 2.47. The van der Waals surface area contributed by atoms with E-state index in [0.29, 0.717) is 10.4 Å². The lowest BCUT2D eigenvalue weighted by Gasteiger charge is -2.07. The molecule has 21 heavy (non-hydrogen) atoms. The molecule has 0 unspecified atom stereocenters. The number of nitrogens with one attached hydrogen (secondary N) is 1. The van der Waals surface area contributed by atoms with E-state index in [1.807, 2.05) is 6.92 Å². The van der Waals surface area contributed by atoms with Gasteiger partial charge in [0.2, 0.25) is 17.6 Å². The van der Waals surface area contributed by atoms with Gasteiger partial charge in [0.05, 0.1) is 4.92 Å². The van der Waals surface area contributed by atoms with Crippen LogP contribution in [0.1, 0.15) is 13.3 Å². The molecule has 0 saturated heterocycles. The van der Waals surface area contributed by atoms with Crippen molar-refractivity contribution >= 4 is 27.6 Å². The van der Waals surface area contributed by atoms with Gasteiger partial charge in [-0.2, -0.15) is 4.98 Å². The van der Waals surface area contributed by atoms with E-state index < -0.39 is 4.92 Å². The molecule has 8 heteroatoms. The van der Waals surface area contributed by atoms with E-state index in [-0.39, 0.29) is 17.3 Å². The lowest BCUT2D eigenvalue weighted by molar-refractivity contribution is -0.385. The Morgan fingerprint density at radius 2 is 2.24 bits per heavy atom. The van der Waals surface area contributed by atoms with E-state index in [1.54, 1.807) is 12.1 Å². The molecule has 2 rings (SSSR count). The first-order valence-corrected chi connectivity index (χ1v) is 7.08. The van der Waals surface area contributed by atoms with Gasteiger partial charge in [-0.25, -0.2) is 4.98 Å². The fourth-order valence-electron chi connectivity index (χ4n) is 1.55. The normalized spacial score (nSPS) is 10.2. The van der Waals surface area contributed by atoms with Gasteiger partial charge in [-0.3, -0.25) is 10.1 Å². The molecule has 2 aromatic rings. The van der Waals surface area contributed by atoms with Gasteiger partial charge in [0, 0.05) is 29.3 Å². The summed E-state index contributed by atoms with van der Waals surface area (Å²) >= 11 is 3.19. The molecule has 0 saturated carbocycles. The van der Waals surface area contributed by atoms with Crippen molar-refractivity contribution in [1.82, 2.24) is 9.97 Å². The fourth-order valence-corrected chi connectivity index (χ4v) is 1.90. The Labute approximate surface area is 129 Å². The minimum atomic E-state index is -0.502. The number of nitro groups is 1. The van der Waals surface area contributed by atoms with Gasteiger partial charge in [-0.1, -0.05) is 22.9 Å². The molecular weight excluding hydrogens is 340 g/mol. The van der Waals surface area contributed by atoms with Crippen LogP contribution in [-0.2, 0) is 0 Å². The second kappa shape index (κ2) is 6.98. The smallest absolute Gasteiger partial charge is 0.312 e. The number of hydrogen-bond acceptors (Lipinski definition) is 6. The highest BCUT2D eigenvalue weighted by atomic mass is 79.9. The maximum atomic E-state index is 11.0. The summed E-state index contributed by atoms with van der Waals surface area (Å²) in [5, 5.41) is 14.1. The maximum absolute atomic E-state index is 11.0. The molecule has 0 aliphatic rings. The third-order valence-corrected chi connectivity index (χ3v) is 2.99. The van der Waals surface area contributed by atoms with E-state index in [1.165, 1.54) is 18.3 Å². The third kappa shape index (κ3) is 4.12. The van der Waals surface area contributed by atoms with E-state index in [0.717, 1.165) is 13.0 Å². The highest BCUT2D eigenvalue weighted by Crippen LogP contribution is 2.33. The zero-order valence-corrected chi connectivity index (χ0v) is 12.8. The molecule has 0 fully saturated rings. The molecule has 0 spiro atoms. The van der Waals surface area contributed by atoms with Crippen molar-refractivity contribution in [3.05, 3.63) is 45.0 Å². The van der Waals surface area contributed by atoms with Gasteiger partial charge in [0.15, 0.2) is 0 Å². The maximum Gasteiger partial charge on any atom is 0.312 e. The molecule has 0 aliphatic heterocycles. The molecule has 1 aromatic carbocycles. The summed E-state index contributed by atoms with van der Waals surface area (Å²) in [4.78, 5) is 18.7. The summed E-state index contributed by atoms with van der Waals surface area (Å²) in [5.41, 5.74) is -0.133. The molecule has 7 nitrogen and oxygen atoms in total. The summed E-state index contributed by atoms with van der Waals surface area (Å²) < 4.78 is 6.10. The van der Waals surface area contributed by atoms with Gasteiger partial charge in [0.25, 0.3) is 0 Å². The van der Waals surface area contributed by atoms with Gasteiger partial charge in [-0.15, -0.1) is 0 Å². The largest absolute Gasteiger partial charge is 0.432 e. The predicted molar refractivity (Wildman–Crippen MR) is 81.7 cm³/mol. The van der Waals surface area contributed by atoms with Gasteiger partial charge >= 0.3 is 5.69 Å². The number of ether oxygens (including phenoxy) is 1. The molecule has 0 atom stereocenters. The summed E-state index contributed by atoms with van der Waals surface area (Å²) in [6.07, 6.45) is 2.47. The predicted octanol–water partition coefficient (Wildman–Crippen LogP) is 3.76. The van der Waals surface area contributed by atoms with Gasteiger partial charge in [0.1, 0.15) is 0 Å². The van der Waals surface area contributed by atoms with Crippen LogP contribution in [-0.4, -0.2) is 21.4 Å². The molecule has 0 amide bonds. The minimum absolute atomic E-state index is 0.128. The molecular formula is C13H13BrN4O3. The number of benzene rings is 1. The molecule has 1 aromatic heterocycles. The van der Waals surface area contributed by atoms with Gasteiger partial charge in [-0.05, 0) is 18.6 Å². The van der Waals surface area contributed by atoms with Crippen molar-refractivity contribution in [3.63, 3.8) is 0 Å². The van der Waals surface area contributed by atoms with Crippen LogP contribution in [0.25, 0.3) is 0 Å². The first-order chi connectivity index (χ1) is 10.1. The highest BCUT2D eigenvalue weighted by molar-refractivity contribution is 9.10. The average molecular weight is 353 g/mol. The van der Waals surface area contributed by atoms with Crippen molar-refractivity contribution in [2.24, 2.45) is 0 Å². The topological polar surface area (TPSA) is 90.2 Å². The monoisotopic (exact) mass is 352 g/mol. The summed E-state index contributed by atoms with van der Waals surface area (Å²) in [7, 11) is 0. The summed E-state index contributed by atoms with van der Waals surface area (Å²) in [6, 6.07) is 6.11. The second-order valence-corrected chi connectivity index (χ2v) is 5.03. The Balaban J connectivity index is 2.24. The van der Waals surface area contributed by atoms with E-state index in [9.17, 15) is 10.1 Å². The number of rotatable bonds is 6. The van der Waals surface area contributed by atoms with Crippen LogP contribution in [0.5, 0.6) is 11.6 Å². The summed E-state index contributed by atoms with van der Waals surface area (Å²) in [6.45, 7) is 2.76. The molecule has 110 valence electrons. The number of halogens is 1. The number of aromatic nitrogens is 2. The van der Waals surface area contributed by atoms with Crippen LogP contribution in [0.2, 0.25) is 0 Å². The first-order valence-electron chi connectivity index (χ1n) is 6.29. The molecule has 0 aliphatic carbocycles. The van der Waals surface area contributed by atoms with Crippen molar-refractivity contribution in [3.8, 4) is 11.6 Å². The zero-order chi connectivity index (χ0) is 15.2. The van der Waals surface area contributed by atoms with Crippen LogP contribution < -0.4 is 10.1 Å². The van der Waals surface area contributed by atoms with Crippen molar-refractivity contribution in [1.29, 1.82) is 0 Å². The summed E-state index contributed by atoms with van der Waals surface area (Å²) in [5.74, 6) is 0.798. The van der Waals surface area contributed by atoms with Crippen LogP contribution in [0.15, 0.2) is 34.9 Å². The number of hydrogen-bond donors (Lipinski definition) is 1. The quantitative estimate of drug-likeness (QED) is 0.628. The van der Waals surface area contributed by atoms with Crippen molar-refractivity contribution in [2.75, 3.05) is 11.9 Å². The Morgan fingerprint density at radius 3 is 2.95 bits per heavy atom. The highest BCUT2D eigenvalue weighted by Gasteiger charge is 2.17.